The summed E-state index contributed by atoms with van der Waals surface area (Å²) in [7, 11) is 1.35. The molecule has 8 nitrogen and oxygen atoms in total. The minimum Gasteiger partial charge on any atom is -0.453 e. The minimum absolute atomic E-state index is 0.388. The maximum absolute atomic E-state index is 11.3. The number of carbonyl (C=O) groups is 1. The number of aliphatic imine (C=N–C) groups is 1. The van der Waals surface area contributed by atoms with E-state index in [0.717, 1.165) is 37.6 Å². The van der Waals surface area contributed by atoms with Crippen LogP contribution < -0.4 is 10.6 Å². The van der Waals surface area contributed by atoms with Crippen molar-refractivity contribution in [1.82, 2.24) is 19.8 Å². The lowest BCUT2D eigenvalue weighted by molar-refractivity contribution is 0.187. The first-order valence-electron chi connectivity index (χ1n) is 10.0. The van der Waals surface area contributed by atoms with Crippen LogP contribution >= 0.6 is 0 Å². The van der Waals surface area contributed by atoms with Gasteiger partial charge >= 0.3 is 6.09 Å². The average Bonchev–Trinajstić information content (AvgIpc) is 3.27. The Morgan fingerprint density at radius 1 is 1.34 bits per heavy atom. The largest absolute Gasteiger partial charge is 0.453 e. The van der Waals surface area contributed by atoms with E-state index in [9.17, 15) is 4.79 Å². The molecule has 1 aromatic carbocycles. The van der Waals surface area contributed by atoms with Crippen molar-refractivity contribution in [2.45, 2.75) is 32.9 Å². The van der Waals surface area contributed by atoms with Crippen molar-refractivity contribution >= 4 is 17.7 Å². The van der Waals surface area contributed by atoms with Crippen LogP contribution in [0.2, 0.25) is 0 Å². The number of likely N-dealkylation sites (tertiary alicyclic amines) is 1. The highest BCUT2D eigenvalue weighted by Crippen LogP contribution is 2.27. The Labute approximate surface area is 172 Å². The third kappa shape index (κ3) is 5.49. The van der Waals surface area contributed by atoms with E-state index in [-0.39, 0.29) is 0 Å². The topological polar surface area (TPSA) is 83.8 Å². The number of benzene rings is 1. The smallest absolute Gasteiger partial charge is 0.411 e. The van der Waals surface area contributed by atoms with Crippen LogP contribution in [-0.4, -0.2) is 53.2 Å². The van der Waals surface area contributed by atoms with E-state index in [4.69, 9.17) is 4.99 Å². The fourth-order valence-electron chi connectivity index (χ4n) is 3.55. The lowest BCUT2D eigenvalue weighted by atomic mass is 9.93. The number of hydrogen-bond acceptors (Lipinski definition) is 4. The van der Waals surface area contributed by atoms with Gasteiger partial charge in [0.2, 0.25) is 0 Å². The Balaban J connectivity index is 1.67. The van der Waals surface area contributed by atoms with Crippen molar-refractivity contribution < 1.29 is 9.53 Å². The van der Waals surface area contributed by atoms with Crippen molar-refractivity contribution in [2.24, 2.45) is 10.9 Å². The van der Waals surface area contributed by atoms with Crippen LogP contribution in [0.25, 0.3) is 0 Å². The molecule has 1 fully saturated rings. The number of carbonyl (C=O) groups excluding carboxylic acids is 1. The van der Waals surface area contributed by atoms with Gasteiger partial charge in [-0.25, -0.2) is 14.8 Å². The SMILES string of the molecule is CCNC(=NCc1ccc(NC(=O)OC)cc1)N1CCC(C)C(n2ccnc2)C1. The summed E-state index contributed by atoms with van der Waals surface area (Å²) in [5.74, 6) is 1.53. The highest BCUT2D eigenvalue weighted by Gasteiger charge is 2.28. The van der Waals surface area contributed by atoms with E-state index in [1.54, 1.807) is 0 Å². The molecule has 1 aliphatic heterocycles. The lowest BCUT2D eigenvalue weighted by Gasteiger charge is -2.39. The molecule has 2 atom stereocenters. The van der Waals surface area contributed by atoms with E-state index < -0.39 is 6.09 Å². The Morgan fingerprint density at radius 3 is 2.79 bits per heavy atom. The fraction of sp³-hybridized carbons (Fsp3) is 0.476. The molecule has 8 heteroatoms. The van der Waals surface area contributed by atoms with Gasteiger partial charge in [-0.2, -0.15) is 0 Å². The molecule has 2 heterocycles. The first-order valence-corrected chi connectivity index (χ1v) is 10.0. The van der Waals surface area contributed by atoms with Gasteiger partial charge in [0, 0.05) is 37.7 Å². The lowest BCUT2D eigenvalue weighted by Crippen LogP contribution is -2.49. The number of nitrogens with zero attached hydrogens (tertiary/aromatic N) is 4. The second-order valence-electron chi connectivity index (χ2n) is 7.27. The van der Waals surface area contributed by atoms with E-state index >= 15 is 0 Å². The van der Waals surface area contributed by atoms with Gasteiger partial charge in [-0.3, -0.25) is 5.32 Å². The van der Waals surface area contributed by atoms with Gasteiger partial charge in [-0.15, -0.1) is 0 Å². The van der Waals surface area contributed by atoms with E-state index in [2.05, 4.69) is 43.7 Å². The first-order chi connectivity index (χ1) is 14.1. The van der Waals surface area contributed by atoms with Crippen molar-refractivity contribution in [2.75, 3.05) is 32.1 Å². The standard InChI is InChI=1S/C21H30N6O2/c1-4-23-20(24-13-17-5-7-18(8-6-17)25-21(28)29-3)26-11-9-16(2)19(14-26)27-12-10-22-15-27/h5-8,10,12,15-16,19H,4,9,11,13-14H2,1-3H3,(H,23,24)(H,25,28). The molecular weight excluding hydrogens is 368 g/mol. The van der Waals surface area contributed by atoms with Gasteiger partial charge in [-0.05, 0) is 37.0 Å². The Morgan fingerprint density at radius 2 is 2.14 bits per heavy atom. The number of methoxy groups -OCH3 is 1. The number of nitrogens with one attached hydrogen (secondary N) is 2. The quantitative estimate of drug-likeness (QED) is 0.597. The van der Waals surface area contributed by atoms with Crippen molar-refractivity contribution in [3.63, 3.8) is 0 Å². The van der Waals surface area contributed by atoms with Crippen molar-refractivity contribution in [1.29, 1.82) is 0 Å². The Bertz CT molecular complexity index is 803. The van der Waals surface area contributed by atoms with Crippen LogP contribution in [0.5, 0.6) is 0 Å². The molecule has 3 rings (SSSR count). The molecule has 0 bridgehead atoms. The maximum Gasteiger partial charge on any atom is 0.411 e. The first kappa shape index (κ1) is 20.7. The van der Waals surface area contributed by atoms with Gasteiger partial charge < -0.3 is 19.5 Å². The van der Waals surface area contributed by atoms with Gasteiger partial charge in [0.25, 0.3) is 0 Å². The molecule has 0 saturated carbocycles. The zero-order chi connectivity index (χ0) is 20.6. The Kier molecular flexibility index (Phi) is 7.10. The second kappa shape index (κ2) is 9.95. The summed E-state index contributed by atoms with van der Waals surface area (Å²) in [5, 5.41) is 6.08. The number of hydrogen-bond donors (Lipinski definition) is 2. The molecule has 156 valence electrons. The predicted octanol–water partition coefficient (Wildman–Crippen LogP) is 3.11. The summed E-state index contributed by atoms with van der Waals surface area (Å²) < 4.78 is 6.81. The van der Waals surface area contributed by atoms with Crippen LogP contribution in [0, 0.1) is 5.92 Å². The highest BCUT2D eigenvalue weighted by molar-refractivity contribution is 5.84. The molecule has 0 aliphatic carbocycles. The van der Waals surface area contributed by atoms with Gasteiger partial charge in [-0.1, -0.05) is 19.1 Å². The normalized spacial score (nSPS) is 19.7. The van der Waals surface area contributed by atoms with Crippen LogP contribution in [0.4, 0.5) is 10.5 Å². The molecule has 2 aromatic rings. The number of ether oxygens (including phenoxy) is 1. The van der Waals surface area contributed by atoms with Crippen LogP contribution in [-0.2, 0) is 11.3 Å². The molecule has 2 unspecified atom stereocenters. The van der Waals surface area contributed by atoms with Crippen LogP contribution in [0.1, 0.15) is 31.9 Å². The molecule has 1 amide bonds. The number of rotatable bonds is 5. The van der Waals surface area contributed by atoms with Crippen molar-refractivity contribution in [3.8, 4) is 0 Å². The van der Waals surface area contributed by atoms with E-state index in [0.29, 0.717) is 24.2 Å². The summed E-state index contributed by atoms with van der Waals surface area (Å²) in [4.78, 5) is 22.7. The number of amides is 1. The molecular formula is C21H30N6O2. The number of imidazole rings is 1. The molecule has 0 spiro atoms. The summed E-state index contributed by atoms with van der Waals surface area (Å²) in [6.45, 7) is 7.68. The summed E-state index contributed by atoms with van der Waals surface area (Å²) in [6.07, 6.45) is 6.42. The molecule has 1 saturated heterocycles. The second-order valence-corrected chi connectivity index (χ2v) is 7.27. The predicted molar refractivity (Wildman–Crippen MR) is 114 cm³/mol. The summed E-state index contributed by atoms with van der Waals surface area (Å²) in [5.41, 5.74) is 1.78. The van der Waals surface area contributed by atoms with Crippen LogP contribution in [0.3, 0.4) is 0 Å². The molecule has 0 radical (unpaired) electrons. The summed E-state index contributed by atoms with van der Waals surface area (Å²) >= 11 is 0. The van der Waals surface area contributed by atoms with E-state index in [1.807, 2.05) is 43.0 Å². The van der Waals surface area contributed by atoms with E-state index in [1.165, 1.54) is 7.11 Å². The van der Waals surface area contributed by atoms with Gasteiger partial charge in [0.1, 0.15) is 0 Å². The third-order valence-corrected chi connectivity index (χ3v) is 5.26. The number of aromatic nitrogens is 2. The average molecular weight is 399 g/mol. The minimum atomic E-state index is -0.475. The highest BCUT2D eigenvalue weighted by atomic mass is 16.5. The molecule has 1 aliphatic rings. The number of anilines is 1. The number of guanidine groups is 1. The third-order valence-electron chi connectivity index (χ3n) is 5.26. The van der Waals surface area contributed by atoms with Gasteiger partial charge in [0.15, 0.2) is 5.96 Å². The maximum atomic E-state index is 11.3. The van der Waals surface area contributed by atoms with Crippen LogP contribution in [0.15, 0.2) is 48.0 Å². The fourth-order valence-corrected chi connectivity index (χ4v) is 3.55. The molecule has 1 aromatic heterocycles. The van der Waals surface area contributed by atoms with Crippen molar-refractivity contribution in [3.05, 3.63) is 48.5 Å². The van der Waals surface area contributed by atoms with Gasteiger partial charge in [0.05, 0.1) is 26.0 Å². The molecule has 2 N–H and O–H groups in total. The monoisotopic (exact) mass is 398 g/mol. The zero-order valence-corrected chi connectivity index (χ0v) is 17.3. The Hall–Kier alpha value is -3.03. The molecule has 29 heavy (non-hydrogen) atoms. The number of piperidine rings is 1. The zero-order valence-electron chi connectivity index (χ0n) is 17.3. The summed E-state index contributed by atoms with van der Waals surface area (Å²) in [6, 6.07) is 8.02.